The average molecular weight is 308 g/mol. The average Bonchev–Trinajstić information content (AvgIpc) is 3.01. The van der Waals surface area contributed by atoms with Crippen LogP contribution in [-0.4, -0.2) is 44.2 Å². The van der Waals surface area contributed by atoms with Crippen LogP contribution in [-0.2, 0) is 0 Å². The number of hydrogen-bond donors (Lipinski definition) is 2. The molecule has 1 heterocycles. The van der Waals surface area contributed by atoms with Crippen molar-refractivity contribution in [1.82, 2.24) is 0 Å². The Labute approximate surface area is 131 Å². The summed E-state index contributed by atoms with van der Waals surface area (Å²) in [5, 5.41) is 10.2. The molecule has 2 aliphatic rings. The Morgan fingerprint density at radius 2 is 2.00 bits per heavy atom. The molecule has 0 bridgehead atoms. The molecule has 122 valence electrons. The fourth-order valence-electron chi connectivity index (χ4n) is 3.35. The van der Waals surface area contributed by atoms with Crippen LogP contribution in [0.15, 0.2) is 18.2 Å². The standard InChI is InChI=1S/C17H25NO4/c1-18(13-5-3-2-4-6-13)10-14(19)11-20-15-7-8-16-17(9-15)22-12-21-16/h7-9,13-14,19H,2-6,10-12H2,1H3/p+1. The van der Waals surface area contributed by atoms with Gasteiger partial charge in [-0.1, -0.05) is 6.42 Å². The molecule has 22 heavy (non-hydrogen) atoms. The SMILES string of the molecule is C[NH+](CC(O)COc1ccc2c(c1)OCO2)C1CCCCC1. The molecule has 5 nitrogen and oxygen atoms in total. The molecule has 1 aliphatic heterocycles. The quantitative estimate of drug-likeness (QED) is 0.823. The van der Waals surface area contributed by atoms with E-state index in [1.54, 1.807) is 0 Å². The van der Waals surface area contributed by atoms with Crippen molar-refractivity contribution < 1.29 is 24.2 Å². The summed E-state index contributed by atoms with van der Waals surface area (Å²) in [6.07, 6.45) is 6.12. The molecule has 0 radical (unpaired) electrons. The van der Waals surface area contributed by atoms with Gasteiger partial charge in [0.05, 0.1) is 13.1 Å². The second-order valence-corrected chi connectivity index (χ2v) is 6.37. The van der Waals surface area contributed by atoms with Gasteiger partial charge in [-0.3, -0.25) is 0 Å². The minimum absolute atomic E-state index is 0.261. The molecule has 2 unspecified atom stereocenters. The van der Waals surface area contributed by atoms with E-state index in [9.17, 15) is 5.11 Å². The van der Waals surface area contributed by atoms with E-state index in [1.165, 1.54) is 37.0 Å². The predicted octanol–water partition coefficient (Wildman–Crippen LogP) is 1.00. The predicted molar refractivity (Wildman–Crippen MR) is 82.7 cm³/mol. The van der Waals surface area contributed by atoms with Crippen molar-refractivity contribution in [1.29, 1.82) is 0 Å². The number of aliphatic hydroxyl groups excluding tert-OH is 1. The minimum Gasteiger partial charge on any atom is -0.491 e. The summed E-state index contributed by atoms with van der Waals surface area (Å²) in [4.78, 5) is 1.42. The molecule has 3 rings (SSSR count). The lowest BCUT2D eigenvalue weighted by Gasteiger charge is -2.29. The second-order valence-electron chi connectivity index (χ2n) is 6.37. The molecule has 0 spiro atoms. The Balaban J connectivity index is 1.44. The highest BCUT2D eigenvalue weighted by atomic mass is 16.7. The summed E-state index contributed by atoms with van der Waals surface area (Å²) >= 11 is 0. The maximum absolute atomic E-state index is 10.2. The lowest BCUT2D eigenvalue weighted by molar-refractivity contribution is -0.910. The first-order chi connectivity index (χ1) is 10.7. The van der Waals surface area contributed by atoms with Crippen LogP contribution >= 0.6 is 0 Å². The fourth-order valence-corrected chi connectivity index (χ4v) is 3.35. The Bertz CT molecular complexity index is 488. The normalized spacial score (nSPS) is 20.6. The number of ether oxygens (including phenoxy) is 3. The van der Waals surface area contributed by atoms with E-state index in [4.69, 9.17) is 14.2 Å². The van der Waals surface area contributed by atoms with E-state index in [0.29, 0.717) is 24.1 Å². The van der Waals surface area contributed by atoms with Crippen LogP contribution in [0.1, 0.15) is 32.1 Å². The lowest BCUT2D eigenvalue weighted by atomic mass is 9.94. The monoisotopic (exact) mass is 308 g/mol. The molecule has 1 fully saturated rings. The van der Waals surface area contributed by atoms with Crippen molar-refractivity contribution >= 4 is 0 Å². The van der Waals surface area contributed by atoms with Gasteiger partial charge in [0, 0.05) is 6.07 Å². The molecule has 1 aromatic carbocycles. The minimum atomic E-state index is -0.452. The number of hydrogen-bond acceptors (Lipinski definition) is 4. The molecule has 0 aromatic heterocycles. The number of quaternary nitrogens is 1. The first-order valence-corrected chi connectivity index (χ1v) is 8.25. The van der Waals surface area contributed by atoms with Crippen molar-refractivity contribution in [3.05, 3.63) is 18.2 Å². The summed E-state index contributed by atoms with van der Waals surface area (Å²) in [5.41, 5.74) is 0. The fraction of sp³-hybridized carbons (Fsp3) is 0.647. The Morgan fingerprint density at radius 1 is 1.23 bits per heavy atom. The highest BCUT2D eigenvalue weighted by Gasteiger charge is 2.23. The van der Waals surface area contributed by atoms with Crippen molar-refractivity contribution in [2.45, 2.75) is 44.2 Å². The summed E-state index contributed by atoms with van der Waals surface area (Å²) in [7, 11) is 2.18. The summed E-state index contributed by atoms with van der Waals surface area (Å²) in [5.74, 6) is 2.16. The van der Waals surface area contributed by atoms with E-state index in [-0.39, 0.29) is 6.79 Å². The van der Waals surface area contributed by atoms with Gasteiger partial charge in [0.1, 0.15) is 25.0 Å². The molecule has 1 saturated carbocycles. The highest BCUT2D eigenvalue weighted by Crippen LogP contribution is 2.35. The third kappa shape index (κ3) is 3.84. The Hall–Kier alpha value is -1.46. The molecule has 0 saturated heterocycles. The molecule has 1 aliphatic carbocycles. The molecule has 2 N–H and O–H groups in total. The van der Waals surface area contributed by atoms with Crippen LogP contribution in [0.25, 0.3) is 0 Å². The van der Waals surface area contributed by atoms with Crippen LogP contribution in [0, 0.1) is 0 Å². The maximum atomic E-state index is 10.2. The van der Waals surface area contributed by atoms with Gasteiger partial charge in [0.25, 0.3) is 0 Å². The van der Waals surface area contributed by atoms with Crippen molar-refractivity contribution in [2.75, 3.05) is 27.0 Å². The number of aliphatic hydroxyl groups is 1. The van der Waals surface area contributed by atoms with E-state index >= 15 is 0 Å². The topological polar surface area (TPSA) is 52.4 Å². The van der Waals surface area contributed by atoms with Crippen molar-refractivity contribution in [2.24, 2.45) is 0 Å². The van der Waals surface area contributed by atoms with Gasteiger partial charge < -0.3 is 24.2 Å². The Morgan fingerprint density at radius 3 is 2.82 bits per heavy atom. The molecular formula is C17H26NO4+. The first kappa shape index (κ1) is 15.4. The highest BCUT2D eigenvalue weighted by molar-refractivity contribution is 5.46. The van der Waals surface area contributed by atoms with Crippen LogP contribution in [0.2, 0.25) is 0 Å². The number of fused-ring (bicyclic) bond motifs is 1. The first-order valence-electron chi connectivity index (χ1n) is 8.25. The van der Waals surface area contributed by atoms with Crippen LogP contribution in [0.3, 0.4) is 0 Å². The largest absolute Gasteiger partial charge is 0.491 e. The third-order valence-electron chi connectivity index (χ3n) is 4.65. The molecule has 1 aromatic rings. The van der Waals surface area contributed by atoms with Gasteiger partial charge in [-0.2, -0.15) is 0 Å². The Kier molecular flexibility index (Phi) is 5.05. The van der Waals surface area contributed by atoms with Gasteiger partial charge in [-0.25, -0.2) is 0 Å². The van der Waals surface area contributed by atoms with Gasteiger partial charge in [-0.05, 0) is 37.8 Å². The number of benzene rings is 1. The number of likely N-dealkylation sites (N-methyl/N-ethyl adjacent to an activating group) is 1. The van der Waals surface area contributed by atoms with Gasteiger partial charge in [-0.15, -0.1) is 0 Å². The third-order valence-corrected chi connectivity index (χ3v) is 4.65. The molecule has 0 amide bonds. The molecule has 2 atom stereocenters. The smallest absolute Gasteiger partial charge is 0.231 e. The molecular weight excluding hydrogens is 282 g/mol. The van der Waals surface area contributed by atoms with E-state index in [2.05, 4.69) is 7.05 Å². The second kappa shape index (κ2) is 7.20. The number of nitrogens with one attached hydrogen (secondary N) is 1. The number of rotatable bonds is 6. The van der Waals surface area contributed by atoms with E-state index in [0.717, 1.165) is 12.3 Å². The zero-order chi connectivity index (χ0) is 15.4. The van der Waals surface area contributed by atoms with Crippen LogP contribution < -0.4 is 19.1 Å². The summed E-state index contributed by atoms with van der Waals surface area (Å²) in [6, 6.07) is 6.18. The summed E-state index contributed by atoms with van der Waals surface area (Å²) in [6.45, 7) is 1.30. The van der Waals surface area contributed by atoms with Crippen LogP contribution in [0.5, 0.6) is 17.2 Å². The zero-order valence-electron chi connectivity index (χ0n) is 13.2. The van der Waals surface area contributed by atoms with Gasteiger partial charge in [0.2, 0.25) is 6.79 Å². The van der Waals surface area contributed by atoms with Crippen LogP contribution in [0.4, 0.5) is 0 Å². The molecule has 5 heteroatoms. The maximum Gasteiger partial charge on any atom is 0.231 e. The van der Waals surface area contributed by atoms with Gasteiger partial charge >= 0.3 is 0 Å². The van der Waals surface area contributed by atoms with Gasteiger partial charge in [0.15, 0.2) is 11.5 Å². The lowest BCUT2D eigenvalue weighted by Crippen LogP contribution is -3.14. The van der Waals surface area contributed by atoms with E-state index < -0.39 is 6.10 Å². The van der Waals surface area contributed by atoms with Crippen molar-refractivity contribution in [3.63, 3.8) is 0 Å². The zero-order valence-corrected chi connectivity index (χ0v) is 13.2. The summed E-state index contributed by atoms with van der Waals surface area (Å²) < 4.78 is 16.3. The van der Waals surface area contributed by atoms with E-state index in [1.807, 2.05) is 18.2 Å². The van der Waals surface area contributed by atoms with Crippen molar-refractivity contribution in [3.8, 4) is 17.2 Å².